The number of rotatable bonds is 5. The lowest BCUT2D eigenvalue weighted by molar-refractivity contribution is 0.466. The van der Waals surface area contributed by atoms with E-state index in [1.54, 1.807) is 30.5 Å². The van der Waals surface area contributed by atoms with Gasteiger partial charge in [-0.15, -0.1) is 0 Å². The van der Waals surface area contributed by atoms with E-state index in [0.717, 1.165) is 11.4 Å². The molecule has 2 aromatic rings. The molecule has 116 valence electrons. The van der Waals surface area contributed by atoms with Crippen LogP contribution in [0.25, 0.3) is 0 Å². The maximum absolute atomic E-state index is 12.2. The Labute approximate surface area is 135 Å². The largest absolute Gasteiger partial charge is 0.353 e. The molecule has 5 nitrogen and oxygen atoms in total. The van der Waals surface area contributed by atoms with E-state index >= 15 is 0 Å². The standard InChI is InChI=1S/C15H16ClN3O2S/c16-13-6-4-12(5-7-13)11-22(20,21)18-14-9-19(10-14)15-3-1-2-8-17-15/h1-8,14,18H,9-11H2. The van der Waals surface area contributed by atoms with Gasteiger partial charge in [0.25, 0.3) is 0 Å². The summed E-state index contributed by atoms with van der Waals surface area (Å²) in [6.07, 6.45) is 1.73. The smallest absolute Gasteiger partial charge is 0.216 e. The second-order valence-corrected chi connectivity index (χ2v) is 7.48. The molecule has 1 fully saturated rings. The lowest BCUT2D eigenvalue weighted by Crippen LogP contribution is -2.59. The third-order valence-corrected chi connectivity index (χ3v) is 5.13. The minimum absolute atomic E-state index is 0.0374. The summed E-state index contributed by atoms with van der Waals surface area (Å²) in [5.41, 5.74) is 0.720. The fourth-order valence-electron chi connectivity index (χ4n) is 2.38. The highest BCUT2D eigenvalue weighted by molar-refractivity contribution is 7.88. The van der Waals surface area contributed by atoms with Crippen LogP contribution >= 0.6 is 11.6 Å². The maximum atomic E-state index is 12.2. The molecule has 0 amide bonds. The van der Waals surface area contributed by atoms with Gasteiger partial charge in [-0.1, -0.05) is 29.8 Å². The van der Waals surface area contributed by atoms with Crippen molar-refractivity contribution in [3.05, 3.63) is 59.2 Å². The van der Waals surface area contributed by atoms with Crippen molar-refractivity contribution >= 4 is 27.4 Å². The van der Waals surface area contributed by atoms with Gasteiger partial charge in [-0.05, 0) is 29.8 Å². The van der Waals surface area contributed by atoms with Gasteiger partial charge in [-0.3, -0.25) is 0 Å². The third kappa shape index (κ3) is 3.76. The van der Waals surface area contributed by atoms with Crippen molar-refractivity contribution in [1.82, 2.24) is 9.71 Å². The van der Waals surface area contributed by atoms with E-state index in [1.165, 1.54) is 0 Å². The first kappa shape index (κ1) is 15.3. The second-order valence-electron chi connectivity index (χ2n) is 5.29. The van der Waals surface area contributed by atoms with Crippen molar-refractivity contribution in [2.75, 3.05) is 18.0 Å². The van der Waals surface area contributed by atoms with Gasteiger partial charge in [0.2, 0.25) is 10.0 Å². The fourth-order valence-corrected chi connectivity index (χ4v) is 3.87. The minimum Gasteiger partial charge on any atom is -0.353 e. The lowest BCUT2D eigenvalue weighted by Gasteiger charge is -2.40. The summed E-state index contributed by atoms with van der Waals surface area (Å²) < 4.78 is 27.0. The number of halogens is 1. The topological polar surface area (TPSA) is 62.3 Å². The Bertz CT molecular complexity index is 729. The molecule has 0 spiro atoms. The molecule has 0 aliphatic carbocycles. The quantitative estimate of drug-likeness (QED) is 0.907. The van der Waals surface area contributed by atoms with Gasteiger partial charge < -0.3 is 4.90 Å². The SMILES string of the molecule is O=S(=O)(Cc1ccc(Cl)cc1)NC1CN(c2ccccn2)C1. The van der Waals surface area contributed by atoms with Crippen LogP contribution in [0.15, 0.2) is 48.7 Å². The Hall–Kier alpha value is -1.63. The molecule has 1 aliphatic rings. The van der Waals surface area contributed by atoms with Gasteiger partial charge in [-0.25, -0.2) is 18.1 Å². The summed E-state index contributed by atoms with van der Waals surface area (Å²) in [7, 11) is -3.35. The molecule has 0 atom stereocenters. The second kappa shape index (κ2) is 6.24. The Morgan fingerprint density at radius 2 is 1.91 bits per heavy atom. The predicted molar refractivity (Wildman–Crippen MR) is 87.4 cm³/mol. The number of nitrogens with one attached hydrogen (secondary N) is 1. The lowest BCUT2D eigenvalue weighted by atomic mass is 10.1. The molecule has 0 radical (unpaired) electrons. The zero-order valence-electron chi connectivity index (χ0n) is 11.8. The number of pyridine rings is 1. The highest BCUT2D eigenvalue weighted by Gasteiger charge is 2.30. The normalized spacial score (nSPS) is 15.6. The average Bonchev–Trinajstić information content (AvgIpc) is 2.46. The van der Waals surface area contributed by atoms with Crippen molar-refractivity contribution in [3.8, 4) is 0 Å². The van der Waals surface area contributed by atoms with Gasteiger partial charge in [0.05, 0.1) is 11.8 Å². The van der Waals surface area contributed by atoms with Crippen LogP contribution in [0.3, 0.4) is 0 Å². The first-order chi connectivity index (χ1) is 10.5. The van der Waals surface area contributed by atoms with Gasteiger partial charge in [0.1, 0.15) is 5.82 Å². The van der Waals surface area contributed by atoms with Gasteiger partial charge in [-0.2, -0.15) is 0 Å². The molecular formula is C15H16ClN3O2S. The average molecular weight is 338 g/mol. The summed E-state index contributed by atoms with van der Waals surface area (Å²) in [5.74, 6) is 0.834. The van der Waals surface area contributed by atoms with Crippen LogP contribution in [-0.2, 0) is 15.8 Å². The Morgan fingerprint density at radius 1 is 1.18 bits per heavy atom. The minimum atomic E-state index is -3.35. The number of nitrogens with zero attached hydrogens (tertiary/aromatic N) is 2. The predicted octanol–water partition coefficient (Wildman–Crippen LogP) is 2.04. The fraction of sp³-hybridized carbons (Fsp3) is 0.267. The third-order valence-electron chi connectivity index (χ3n) is 3.47. The molecule has 22 heavy (non-hydrogen) atoms. The molecule has 3 rings (SSSR count). The number of aromatic nitrogens is 1. The molecule has 0 saturated carbocycles. The van der Waals surface area contributed by atoms with Crippen molar-refractivity contribution in [3.63, 3.8) is 0 Å². The van der Waals surface area contributed by atoms with Crippen LogP contribution in [0.5, 0.6) is 0 Å². The summed E-state index contributed by atoms with van der Waals surface area (Å²) in [6.45, 7) is 1.27. The Kier molecular flexibility index (Phi) is 4.33. The molecule has 1 aliphatic heterocycles. The molecule has 1 aromatic carbocycles. The summed E-state index contributed by atoms with van der Waals surface area (Å²) in [4.78, 5) is 6.28. The van der Waals surface area contributed by atoms with Gasteiger partial charge in [0.15, 0.2) is 0 Å². The highest BCUT2D eigenvalue weighted by Crippen LogP contribution is 2.18. The Balaban J connectivity index is 1.54. The van der Waals surface area contributed by atoms with Crippen LogP contribution in [0, 0.1) is 0 Å². The van der Waals surface area contributed by atoms with Crippen molar-refractivity contribution in [2.24, 2.45) is 0 Å². The zero-order valence-corrected chi connectivity index (χ0v) is 13.4. The summed E-state index contributed by atoms with van der Waals surface area (Å²) in [6, 6.07) is 12.5. The first-order valence-electron chi connectivity index (χ1n) is 6.92. The van der Waals surface area contributed by atoms with Crippen LogP contribution in [-0.4, -0.2) is 32.5 Å². The van der Waals surface area contributed by atoms with E-state index < -0.39 is 10.0 Å². The molecule has 7 heteroatoms. The molecule has 2 heterocycles. The number of hydrogen-bond donors (Lipinski definition) is 1. The van der Waals surface area contributed by atoms with Gasteiger partial charge in [0, 0.05) is 24.3 Å². The van der Waals surface area contributed by atoms with E-state index in [-0.39, 0.29) is 11.8 Å². The number of anilines is 1. The molecule has 1 aromatic heterocycles. The zero-order chi connectivity index (χ0) is 15.6. The molecular weight excluding hydrogens is 322 g/mol. The first-order valence-corrected chi connectivity index (χ1v) is 8.95. The monoisotopic (exact) mass is 337 g/mol. The maximum Gasteiger partial charge on any atom is 0.216 e. The molecule has 0 unspecified atom stereocenters. The Morgan fingerprint density at radius 3 is 2.55 bits per heavy atom. The van der Waals surface area contributed by atoms with Crippen LogP contribution < -0.4 is 9.62 Å². The van der Waals surface area contributed by atoms with E-state index in [2.05, 4.69) is 9.71 Å². The highest BCUT2D eigenvalue weighted by atomic mass is 35.5. The number of hydrogen-bond acceptors (Lipinski definition) is 4. The van der Waals surface area contributed by atoms with E-state index in [1.807, 2.05) is 23.1 Å². The van der Waals surface area contributed by atoms with Crippen LogP contribution in [0.1, 0.15) is 5.56 Å². The van der Waals surface area contributed by atoms with Gasteiger partial charge >= 0.3 is 0 Å². The van der Waals surface area contributed by atoms with Crippen LogP contribution in [0.2, 0.25) is 5.02 Å². The number of benzene rings is 1. The van der Waals surface area contributed by atoms with Crippen LogP contribution in [0.4, 0.5) is 5.82 Å². The number of sulfonamides is 1. The molecule has 1 saturated heterocycles. The van der Waals surface area contributed by atoms with E-state index in [0.29, 0.717) is 18.1 Å². The summed E-state index contributed by atoms with van der Waals surface area (Å²) >= 11 is 5.80. The molecule has 1 N–H and O–H groups in total. The van der Waals surface area contributed by atoms with Crippen molar-refractivity contribution in [2.45, 2.75) is 11.8 Å². The van der Waals surface area contributed by atoms with E-state index in [9.17, 15) is 8.42 Å². The molecule has 0 bridgehead atoms. The van der Waals surface area contributed by atoms with E-state index in [4.69, 9.17) is 11.6 Å². The van der Waals surface area contributed by atoms with Crippen molar-refractivity contribution < 1.29 is 8.42 Å². The van der Waals surface area contributed by atoms with Crippen molar-refractivity contribution in [1.29, 1.82) is 0 Å². The summed E-state index contributed by atoms with van der Waals surface area (Å²) in [5, 5.41) is 0.596.